The lowest BCUT2D eigenvalue weighted by molar-refractivity contribution is -0.383. The van der Waals surface area contributed by atoms with E-state index in [1.54, 1.807) is 0 Å². The number of hydrogen-bond acceptors (Lipinski definition) is 8. The van der Waals surface area contributed by atoms with Gasteiger partial charge in [-0.15, -0.1) is 0 Å². The number of hydrogen-bond donors (Lipinski definition) is 4. The van der Waals surface area contributed by atoms with Gasteiger partial charge >= 0.3 is 5.69 Å². The first-order valence-electron chi connectivity index (χ1n) is 4.63. The second kappa shape index (κ2) is 5.97. The smallest absolute Gasteiger partial charge is 0.354 e. The molecule has 1 unspecified atom stereocenters. The molecule has 1 aromatic heterocycles. The molecule has 0 saturated carbocycles. The zero-order valence-corrected chi connectivity index (χ0v) is 8.88. The maximum atomic E-state index is 12.0. The number of rotatable bonds is 6. The summed E-state index contributed by atoms with van der Waals surface area (Å²) in [6.07, 6.45) is -3.97. The van der Waals surface area contributed by atoms with Crippen molar-refractivity contribution >= 4 is 17.3 Å². The van der Waals surface area contributed by atoms with Crippen molar-refractivity contribution in [3.63, 3.8) is 0 Å². The van der Waals surface area contributed by atoms with Crippen molar-refractivity contribution in [3.05, 3.63) is 16.4 Å². The van der Waals surface area contributed by atoms with Crippen molar-refractivity contribution in [2.24, 2.45) is 5.84 Å². The second-order valence-electron chi connectivity index (χ2n) is 3.10. The van der Waals surface area contributed by atoms with E-state index in [1.807, 2.05) is 5.43 Å². The third-order valence-corrected chi connectivity index (χ3v) is 1.91. The monoisotopic (exact) mass is 264 g/mol. The molecule has 0 aliphatic heterocycles. The predicted octanol–water partition coefficient (Wildman–Crippen LogP) is -0.292. The standard InChI is InChI=1S/C7H10F2N6O3/c8-5(9)3(16)1-11-6-4(15(17)18)7(14-10)13-2-12-6/h2-3,5,16H,1,10H2,(H2,11,12,13,14). The number of alkyl halides is 2. The third kappa shape index (κ3) is 3.18. The van der Waals surface area contributed by atoms with Gasteiger partial charge in [0, 0.05) is 6.54 Å². The zero-order chi connectivity index (χ0) is 13.7. The summed E-state index contributed by atoms with van der Waals surface area (Å²) in [5, 5.41) is 21.9. The van der Waals surface area contributed by atoms with E-state index in [0.29, 0.717) is 0 Å². The highest BCUT2D eigenvalue weighted by atomic mass is 19.3. The molecule has 0 spiro atoms. The van der Waals surface area contributed by atoms with Crippen LogP contribution in [0.3, 0.4) is 0 Å². The average Bonchev–Trinajstić information content (AvgIpc) is 2.34. The van der Waals surface area contributed by atoms with Gasteiger partial charge in [0.05, 0.1) is 4.92 Å². The summed E-state index contributed by atoms with van der Waals surface area (Å²) in [6.45, 7) is -0.598. The molecular weight excluding hydrogens is 254 g/mol. The Morgan fingerprint density at radius 1 is 1.50 bits per heavy atom. The first kappa shape index (κ1) is 13.9. The Kier molecular flexibility index (Phi) is 4.62. The van der Waals surface area contributed by atoms with Crippen LogP contribution >= 0.6 is 0 Å². The van der Waals surface area contributed by atoms with Crippen LogP contribution in [-0.2, 0) is 0 Å². The fourth-order valence-electron chi connectivity index (χ4n) is 1.08. The molecule has 0 saturated heterocycles. The summed E-state index contributed by atoms with van der Waals surface area (Å²) < 4.78 is 24.1. The lowest BCUT2D eigenvalue weighted by Crippen LogP contribution is -2.27. The van der Waals surface area contributed by atoms with Crippen LogP contribution < -0.4 is 16.6 Å². The number of nitro groups is 1. The number of aliphatic hydroxyl groups is 1. The molecule has 18 heavy (non-hydrogen) atoms. The highest BCUT2D eigenvalue weighted by molar-refractivity contribution is 5.68. The number of nitrogen functional groups attached to an aromatic ring is 1. The number of nitrogens with zero attached hydrogens (tertiary/aromatic N) is 3. The first-order chi connectivity index (χ1) is 8.47. The van der Waals surface area contributed by atoms with Crippen LogP contribution in [0, 0.1) is 10.1 Å². The van der Waals surface area contributed by atoms with Gasteiger partial charge in [-0.3, -0.25) is 10.1 Å². The van der Waals surface area contributed by atoms with E-state index < -0.39 is 29.7 Å². The van der Waals surface area contributed by atoms with E-state index in [9.17, 15) is 18.9 Å². The number of hydrazine groups is 1. The zero-order valence-electron chi connectivity index (χ0n) is 8.88. The summed E-state index contributed by atoms with van der Waals surface area (Å²) in [6, 6.07) is 0. The minimum absolute atomic E-state index is 0.274. The molecule has 11 heteroatoms. The Hall–Kier alpha value is -2.14. The van der Waals surface area contributed by atoms with Gasteiger partial charge in [0.25, 0.3) is 6.43 Å². The van der Waals surface area contributed by atoms with Crippen molar-refractivity contribution in [1.82, 2.24) is 9.97 Å². The van der Waals surface area contributed by atoms with Crippen LogP contribution in [0.2, 0.25) is 0 Å². The van der Waals surface area contributed by atoms with Gasteiger partial charge in [0.15, 0.2) is 0 Å². The Balaban J connectivity index is 2.91. The van der Waals surface area contributed by atoms with Gasteiger partial charge in [0.2, 0.25) is 11.6 Å². The fraction of sp³-hybridized carbons (Fsp3) is 0.429. The van der Waals surface area contributed by atoms with Gasteiger partial charge in [-0.05, 0) is 0 Å². The van der Waals surface area contributed by atoms with E-state index in [2.05, 4.69) is 15.3 Å². The minimum atomic E-state index is -2.97. The Morgan fingerprint density at radius 3 is 2.61 bits per heavy atom. The van der Waals surface area contributed by atoms with E-state index in [-0.39, 0.29) is 11.6 Å². The Bertz CT molecular complexity index is 432. The van der Waals surface area contributed by atoms with Gasteiger partial charge in [-0.25, -0.2) is 24.6 Å². The maximum absolute atomic E-state index is 12.0. The predicted molar refractivity (Wildman–Crippen MR) is 57.0 cm³/mol. The molecule has 0 amide bonds. The van der Waals surface area contributed by atoms with Crippen molar-refractivity contribution in [2.45, 2.75) is 12.5 Å². The van der Waals surface area contributed by atoms with E-state index in [1.165, 1.54) is 0 Å². The van der Waals surface area contributed by atoms with Crippen molar-refractivity contribution in [3.8, 4) is 0 Å². The van der Waals surface area contributed by atoms with Crippen LogP contribution in [0.25, 0.3) is 0 Å². The van der Waals surface area contributed by atoms with Crippen LogP contribution in [0.15, 0.2) is 6.33 Å². The molecule has 5 N–H and O–H groups in total. The molecular formula is C7H10F2N6O3. The molecule has 0 aromatic carbocycles. The number of halogens is 2. The van der Waals surface area contributed by atoms with E-state index in [0.717, 1.165) is 6.33 Å². The number of aromatic nitrogens is 2. The quantitative estimate of drug-likeness (QED) is 0.312. The Labute approximate surface area is 99.2 Å². The Morgan fingerprint density at radius 2 is 2.11 bits per heavy atom. The van der Waals surface area contributed by atoms with Gasteiger partial charge in [0.1, 0.15) is 12.4 Å². The highest BCUT2D eigenvalue weighted by Gasteiger charge is 2.24. The van der Waals surface area contributed by atoms with Crippen molar-refractivity contribution in [1.29, 1.82) is 0 Å². The number of nitrogens with one attached hydrogen (secondary N) is 2. The molecule has 0 bridgehead atoms. The van der Waals surface area contributed by atoms with Gasteiger partial charge < -0.3 is 15.8 Å². The molecule has 1 rings (SSSR count). The molecule has 100 valence electrons. The maximum Gasteiger partial charge on any atom is 0.354 e. The lowest BCUT2D eigenvalue weighted by atomic mass is 10.3. The van der Waals surface area contributed by atoms with Crippen LogP contribution in [-0.4, -0.2) is 39.1 Å². The van der Waals surface area contributed by atoms with Crippen molar-refractivity contribution in [2.75, 3.05) is 17.3 Å². The van der Waals surface area contributed by atoms with Crippen molar-refractivity contribution < 1.29 is 18.8 Å². The lowest BCUT2D eigenvalue weighted by Gasteiger charge is -2.11. The largest absolute Gasteiger partial charge is 0.385 e. The molecule has 1 heterocycles. The third-order valence-electron chi connectivity index (χ3n) is 1.91. The molecule has 0 aliphatic rings. The molecule has 9 nitrogen and oxygen atoms in total. The summed E-state index contributed by atoms with van der Waals surface area (Å²) in [7, 11) is 0. The SMILES string of the molecule is NNc1ncnc(NCC(O)C(F)F)c1[N+](=O)[O-]. The fourth-order valence-corrected chi connectivity index (χ4v) is 1.08. The average molecular weight is 264 g/mol. The number of anilines is 2. The summed E-state index contributed by atoms with van der Waals surface area (Å²) in [5.41, 5.74) is 1.39. The summed E-state index contributed by atoms with van der Waals surface area (Å²) in [4.78, 5) is 17.0. The van der Waals surface area contributed by atoms with Gasteiger partial charge in [-0.2, -0.15) is 0 Å². The van der Waals surface area contributed by atoms with E-state index in [4.69, 9.17) is 10.9 Å². The normalized spacial score (nSPS) is 12.3. The molecule has 1 atom stereocenters. The van der Waals surface area contributed by atoms with Crippen LogP contribution in [0.1, 0.15) is 0 Å². The summed E-state index contributed by atoms with van der Waals surface area (Å²) in [5.74, 6) is 4.43. The molecule has 0 radical (unpaired) electrons. The minimum Gasteiger partial charge on any atom is -0.385 e. The van der Waals surface area contributed by atoms with Crippen LogP contribution in [0.5, 0.6) is 0 Å². The number of aliphatic hydroxyl groups excluding tert-OH is 1. The number of nitrogens with two attached hydrogens (primary N) is 1. The second-order valence-corrected chi connectivity index (χ2v) is 3.10. The molecule has 0 fully saturated rings. The topological polar surface area (TPSA) is 139 Å². The van der Waals surface area contributed by atoms with E-state index >= 15 is 0 Å². The highest BCUT2D eigenvalue weighted by Crippen LogP contribution is 2.27. The van der Waals surface area contributed by atoms with Gasteiger partial charge in [-0.1, -0.05) is 0 Å². The summed E-state index contributed by atoms with van der Waals surface area (Å²) >= 11 is 0. The molecule has 1 aromatic rings. The molecule has 0 aliphatic carbocycles. The van der Waals surface area contributed by atoms with Crippen LogP contribution in [0.4, 0.5) is 26.1 Å². The first-order valence-corrected chi connectivity index (χ1v) is 4.63.